The lowest BCUT2D eigenvalue weighted by atomic mass is 10.1. The number of ether oxygens (including phenoxy) is 2. The Morgan fingerprint density at radius 2 is 1.70 bits per heavy atom. The van der Waals surface area contributed by atoms with Gasteiger partial charge in [0.05, 0.1) is 31.3 Å². The normalized spacial score (nSPS) is 18.3. The minimum atomic E-state index is 0.0649. The van der Waals surface area contributed by atoms with Crippen LogP contribution >= 0.6 is 0 Å². The first-order valence-corrected chi connectivity index (χ1v) is 10.8. The number of anilines is 1. The van der Waals surface area contributed by atoms with Crippen molar-refractivity contribution in [3.8, 4) is 6.01 Å². The molecule has 0 saturated carbocycles. The monoisotopic (exact) mass is 408 g/mol. The maximum atomic E-state index is 6.15. The summed E-state index contributed by atoms with van der Waals surface area (Å²) in [5, 5.41) is 5.25. The lowest BCUT2D eigenvalue weighted by molar-refractivity contribution is 0.0219. The van der Waals surface area contributed by atoms with Crippen LogP contribution in [0.5, 0.6) is 6.01 Å². The van der Waals surface area contributed by atoms with Gasteiger partial charge in [-0.1, -0.05) is 24.3 Å². The van der Waals surface area contributed by atoms with E-state index in [0.717, 1.165) is 24.8 Å². The Bertz CT molecular complexity index is 991. The van der Waals surface area contributed by atoms with E-state index in [1.165, 1.54) is 37.1 Å². The van der Waals surface area contributed by atoms with Crippen LogP contribution in [0.15, 0.2) is 30.5 Å². The van der Waals surface area contributed by atoms with Gasteiger partial charge in [0, 0.05) is 19.4 Å². The van der Waals surface area contributed by atoms with Crippen LogP contribution in [0.3, 0.4) is 0 Å². The van der Waals surface area contributed by atoms with Gasteiger partial charge in [0.15, 0.2) is 5.65 Å². The second-order valence-corrected chi connectivity index (χ2v) is 8.16. The van der Waals surface area contributed by atoms with E-state index in [2.05, 4.69) is 44.2 Å². The van der Waals surface area contributed by atoms with Crippen molar-refractivity contribution in [2.75, 3.05) is 32.0 Å². The fraction of sp³-hybridized carbons (Fsp3) is 0.500. The van der Waals surface area contributed by atoms with Crippen molar-refractivity contribution in [1.82, 2.24) is 24.6 Å². The largest absolute Gasteiger partial charge is 0.460 e. The number of nitrogen functional groups attached to an aromatic ring is 1. The van der Waals surface area contributed by atoms with E-state index in [-0.39, 0.29) is 6.10 Å². The summed E-state index contributed by atoms with van der Waals surface area (Å²) in [6, 6.07) is 9.07. The number of aromatic nitrogens is 4. The van der Waals surface area contributed by atoms with E-state index >= 15 is 0 Å². The minimum absolute atomic E-state index is 0.0649. The van der Waals surface area contributed by atoms with E-state index in [1.54, 1.807) is 6.20 Å². The molecule has 0 unspecified atom stereocenters. The fourth-order valence-electron chi connectivity index (χ4n) is 4.19. The second kappa shape index (κ2) is 8.57. The molecule has 2 N–H and O–H groups in total. The summed E-state index contributed by atoms with van der Waals surface area (Å²) in [5.74, 6) is 0.397. The number of benzene rings is 1. The Morgan fingerprint density at radius 1 is 1.00 bits per heavy atom. The van der Waals surface area contributed by atoms with Gasteiger partial charge in [-0.05, 0) is 37.1 Å². The van der Waals surface area contributed by atoms with Gasteiger partial charge in [-0.2, -0.15) is 15.1 Å². The first kappa shape index (κ1) is 19.3. The van der Waals surface area contributed by atoms with Gasteiger partial charge in [0.2, 0.25) is 0 Å². The molecule has 8 nitrogen and oxygen atoms in total. The SMILES string of the molecule is Nc1nc(OC2CCOCC2)nc2c1cnn2Cc1ccc(CN2CCCC2)cc1. The first-order valence-electron chi connectivity index (χ1n) is 10.8. The number of rotatable bonds is 6. The van der Waals surface area contributed by atoms with Crippen LogP contribution in [0.1, 0.15) is 36.8 Å². The van der Waals surface area contributed by atoms with Crippen LogP contribution in [-0.2, 0) is 17.8 Å². The van der Waals surface area contributed by atoms with Crippen molar-refractivity contribution in [2.24, 2.45) is 0 Å². The highest BCUT2D eigenvalue weighted by Crippen LogP contribution is 2.23. The Morgan fingerprint density at radius 3 is 2.43 bits per heavy atom. The molecule has 2 saturated heterocycles. The van der Waals surface area contributed by atoms with E-state index in [4.69, 9.17) is 15.2 Å². The molecule has 30 heavy (non-hydrogen) atoms. The highest BCUT2D eigenvalue weighted by atomic mass is 16.5. The topological polar surface area (TPSA) is 91.3 Å². The molecule has 3 aromatic rings. The van der Waals surface area contributed by atoms with E-state index in [9.17, 15) is 0 Å². The van der Waals surface area contributed by atoms with Crippen molar-refractivity contribution in [1.29, 1.82) is 0 Å². The second-order valence-electron chi connectivity index (χ2n) is 8.16. The van der Waals surface area contributed by atoms with Crippen molar-refractivity contribution < 1.29 is 9.47 Å². The number of hydrogen-bond acceptors (Lipinski definition) is 7. The van der Waals surface area contributed by atoms with Crippen LogP contribution in [0.25, 0.3) is 11.0 Å². The standard InChI is InChI=1S/C22H28N6O2/c23-20-19-13-24-28(21(19)26-22(25-20)30-18-7-11-29-12-8-18)15-17-5-3-16(4-6-17)14-27-9-1-2-10-27/h3-6,13,18H,1-2,7-12,14-15H2,(H2,23,25,26). The van der Waals surface area contributed by atoms with Gasteiger partial charge in [-0.3, -0.25) is 4.90 Å². The van der Waals surface area contributed by atoms with Crippen LogP contribution in [-0.4, -0.2) is 57.1 Å². The number of fused-ring (bicyclic) bond motifs is 1. The van der Waals surface area contributed by atoms with Gasteiger partial charge < -0.3 is 15.2 Å². The number of hydrogen-bond donors (Lipinski definition) is 1. The van der Waals surface area contributed by atoms with Crippen LogP contribution in [0, 0.1) is 0 Å². The third kappa shape index (κ3) is 4.24. The van der Waals surface area contributed by atoms with Gasteiger partial charge in [-0.15, -0.1) is 0 Å². The molecule has 5 rings (SSSR count). The predicted molar refractivity (Wildman–Crippen MR) is 114 cm³/mol. The summed E-state index contributed by atoms with van der Waals surface area (Å²) in [7, 11) is 0. The van der Waals surface area contributed by atoms with Gasteiger partial charge in [0.25, 0.3) is 0 Å². The smallest absolute Gasteiger partial charge is 0.320 e. The minimum Gasteiger partial charge on any atom is -0.460 e. The van der Waals surface area contributed by atoms with Crippen LogP contribution in [0.4, 0.5) is 5.82 Å². The fourth-order valence-corrected chi connectivity index (χ4v) is 4.19. The Kier molecular flexibility index (Phi) is 5.50. The molecule has 0 aliphatic carbocycles. The Balaban J connectivity index is 1.32. The molecule has 2 fully saturated rings. The molecule has 2 aliphatic heterocycles. The van der Waals surface area contributed by atoms with Crippen LogP contribution < -0.4 is 10.5 Å². The van der Waals surface area contributed by atoms with Gasteiger partial charge in [0.1, 0.15) is 11.9 Å². The number of nitrogens with zero attached hydrogens (tertiary/aromatic N) is 5. The maximum Gasteiger partial charge on any atom is 0.320 e. The molecule has 0 radical (unpaired) electrons. The summed E-state index contributed by atoms with van der Waals surface area (Å²) in [6.07, 6.45) is 6.10. The lowest BCUT2D eigenvalue weighted by Crippen LogP contribution is -2.26. The lowest BCUT2D eigenvalue weighted by Gasteiger charge is -2.22. The summed E-state index contributed by atoms with van der Waals surface area (Å²) in [4.78, 5) is 11.4. The third-order valence-electron chi connectivity index (χ3n) is 5.91. The summed E-state index contributed by atoms with van der Waals surface area (Å²) in [6.45, 7) is 5.48. The molecule has 8 heteroatoms. The highest BCUT2D eigenvalue weighted by molar-refractivity contribution is 5.85. The van der Waals surface area contributed by atoms with Crippen molar-refractivity contribution in [2.45, 2.75) is 44.9 Å². The molecular weight excluding hydrogens is 380 g/mol. The quantitative estimate of drug-likeness (QED) is 0.670. The summed E-state index contributed by atoms with van der Waals surface area (Å²) in [5.41, 5.74) is 9.38. The van der Waals surface area contributed by atoms with Crippen molar-refractivity contribution in [3.63, 3.8) is 0 Å². The highest BCUT2D eigenvalue weighted by Gasteiger charge is 2.19. The molecule has 2 aliphatic rings. The Labute approximate surface area is 176 Å². The molecular formula is C22H28N6O2. The molecule has 0 atom stereocenters. The first-order chi connectivity index (χ1) is 14.7. The predicted octanol–water partition coefficient (Wildman–Crippen LogP) is 2.61. The molecule has 0 bridgehead atoms. The maximum absolute atomic E-state index is 6.15. The molecule has 158 valence electrons. The van der Waals surface area contributed by atoms with Crippen molar-refractivity contribution >= 4 is 16.9 Å². The van der Waals surface area contributed by atoms with Gasteiger partial charge in [-0.25, -0.2) is 4.68 Å². The zero-order chi connectivity index (χ0) is 20.3. The zero-order valence-electron chi connectivity index (χ0n) is 17.2. The Hall–Kier alpha value is -2.71. The molecule has 0 amide bonds. The van der Waals surface area contributed by atoms with Crippen LogP contribution in [0.2, 0.25) is 0 Å². The summed E-state index contributed by atoms with van der Waals surface area (Å²) < 4.78 is 13.2. The molecule has 0 spiro atoms. The number of nitrogens with two attached hydrogens (primary N) is 1. The van der Waals surface area contributed by atoms with E-state index in [1.807, 2.05) is 4.68 Å². The third-order valence-corrected chi connectivity index (χ3v) is 5.91. The average Bonchev–Trinajstić information content (AvgIpc) is 3.41. The summed E-state index contributed by atoms with van der Waals surface area (Å²) >= 11 is 0. The van der Waals surface area contributed by atoms with E-state index < -0.39 is 0 Å². The average molecular weight is 409 g/mol. The van der Waals surface area contributed by atoms with Gasteiger partial charge >= 0.3 is 6.01 Å². The number of likely N-dealkylation sites (tertiary alicyclic amines) is 1. The van der Waals surface area contributed by atoms with Crippen molar-refractivity contribution in [3.05, 3.63) is 41.6 Å². The molecule has 2 aromatic heterocycles. The zero-order valence-corrected chi connectivity index (χ0v) is 17.2. The molecule has 4 heterocycles. The van der Waals surface area contributed by atoms with E-state index in [0.29, 0.717) is 37.2 Å². The molecule has 1 aromatic carbocycles.